The van der Waals surface area contributed by atoms with E-state index in [0.29, 0.717) is 12.2 Å². The molecule has 1 rings (SSSR count). The zero-order chi connectivity index (χ0) is 11.3. The monoisotopic (exact) mass is 229 g/mol. The van der Waals surface area contributed by atoms with E-state index >= 15 is 0 Å². The molecule has 0 aromatic carbocycles. The van der Waals surface area contributed by atoms with Crippen LogP contribution in [-0.2, 0) is 4.79 Å². The van der Waals surface area contributed by atoms with Crippen molar-refractivity contribution in [2.45, 2.75) is 24.0 Å². The first-order valence-corrected chi connectivity index (χ1v) is 5.61. The minimum Gasteiger partial charge on any atom is -0.480 e. The summed E-state index contributed by atoms with van der Waals surface area (Å²) in [5, 5.41) is 12.6. The van der Waals surface area contributed by atoms with Crippen LogP contribution in [0.15, 0.2) is 17.6 Å². The van der Waals surface area contributed by atoms with Crippen LogP contribution in [-0.4, -0.2) is 39.4 Å². The van der Waals surface area contributed by atoms with Crippen LogP contribution in [0.5, 0.6) is 0 Å². The van der Waals surface area contributed by atoms with Gasteiger partial charge in [0.2, 0.25) is 0 Å². The van der Waals surface area contributed by atoms with Crippen molar-refractivity contribution in [1.29, 1.82) is 0 Å². The molecule has 1 aromatic rings. The van der Waals surface area contributed by atoms with Gasteiger partial charge in [-0.3, -0.25) is 4.79 Å². The first-order chi connectivity index (χ1) is 7.08. The number of aliphatic carboxylic acids is 1. The maximum absolute atomic E-state index is 10.9. The molecule has 0 saturated carbocycles. The summed E-state index contributed by atoms with van der Waals surface area (Å²) >= 11 is 1.52. The topological polar surface area (TPSA) is 78.0 Å². The van der Waals surface area contributed by atoms with E-state index in [4.69, 9.17) is 5.11 Å². The number of carboxylic acids is 1. The highest BCUT2D eigenvalue weighted by molar-refractivity contribution is 7.99. The molecule has 0 saturated heterocycles. The highest BCUT2D eigenvalue weighted by atomic mass is 32.2. The van der Waals surface area contributed by atoms with Gasteiger partial charge in [0.15, 0.2) is 5.16 Å². The number of nitrogens with one attached hydrogen (secondary N) is 2. The summed E-state index contributed by atoms with van der Waals surface area (Å²) in [4.78, 5) is 18.0. The normalized spacial score (nSPS) is 14.8. The Morgan fingerprint density at radius 2 is 2.53 bits per heavy atom. The number of likely N-dealkylation sites (N-methyl/N-ethyl adjacent to an activating group) is 1. The molecule has 3 N–H and O–H groups in total. The van der Waals surface area contributed by atoms with E-state index in [1.165, 1.54) is 11.8 Å². The Hall–Kier alpha value is -1.01. The van der Waals surface area contributed by atoms with E-state index in [2.05, 4.69) is 15.3 Å². The van der Waals surface area contributed by atoms with Crippen molar-refractivity contribution in [3.63, 3.8) is 0 Å². The van der Waals surface area contributed by atoms with Gasteiger partial charge >= 0.3 is 5.97 Å². The molecule has 0 amide bonds. The van der Waals surface area contributed by atoms with Crippen molar-refractivity contribution < 1.29 is 9.90 Å². The summed E-state index contributed by atoms with van der Waals surface area (Å²) in [5.74, 6) is -0.123. The van der Waals surface area contributed by atoms with E-state index in [-0.39, 0.29) is 0 Å². The highest BCUT2D eigenvalue weighted by Gasteiger charge is 2.30. The van der Waals surface area contributed by atoms with E-state index in [1.807, 2.05) is 0 Å². The molecule has 0 aliphatic rings. The standard InChI is InChI=1S/C9H15N3O2S/c1-9(10-2,7(13)14)3-6-15-8-11-4-5-12-8/h4-5,10H,3,6H2,1-2H3,(H,11,12)(H,13,14). The number of hydrogen-bond acceptors (Lipinski definition) is 4. The highest BCUT2D eigenvalue weighted by Crippen LogP contribution is 2.18. The largest absolute Gasteiger partial charge is 0.480 e. The van der Waals surface area contributed by atoms with Gasteiger partial charge in [-0.05, 0) is 20.4 Å². The van der Waals surface area contributed by atoms with Crippen LogP contribution in [0.25, 0.3) is 0 Å². The van der Waals surface area contributed by atoms with E-state index in [1.54, 1.807) is 26.4 Å². The molecule has 0 aliphatic carbocycles. The van der Waals surface area contributed by atoms with Gasteiger partial charge < -0.3 is 15.4 Å². The third-order valence-electron chi connectivity index (χ3n) is 2.34. The van der Waals surface area contributed by atoms with Crippen LogP contribution < -0.4 is 5.32 Å². The zero-order valence-corrected chi connectivity index (χ0v) is 9.60. The fraction of sp³-hybridized carbons (Fsp3) is 0.556. The lowest BCUT2D eigenvalue weighted by atomic mass is 10.00. The fourth-order valence-electron chi connectivity index (χ4n) is 1.02. The Labute approximate surface area is 92.7 Å². The molecule has 1 atom stereocenters. The van der Waals surface area contributed by atoms with Gasteiger partial charge in [0.25, 0.3) is 0 Å². The van der Waals surface area contributed by atoms with Gasteiger partial charge in [0.05, 0.1) is 0 Å². The van der Waals surface area contributed by atoms with Crippen LogP contribution in [0, 0.1) is 0 Å². The first kappa shape index (κ1) is 12.1. The number of nitrogens with zero attached hydrogens (tertiary/aromatic N) is 1. The van der Waals surface area contributed by atoms with Crippen molar-refractivity contribution in [1.82, 2.24) is 15.3 Å². The molecule has 0 radical (unpaired) electrons. The molecule has 1 heterocycles. The van der Waals surface area contributed by atoms with Crippen LogP contribution in [0.2, 0.25) is 0 Å². The van der Waals surface area contributed by atoms with Gasteiger partial charge in [-0.15, -0.1) is 0 Å². The predicted molar refractivity (Wildman–Crippen MR) is 59.0 cm³/mol. The average Bonchev–Trinajstić information content (AvgIpc) is 2.70. The molecule has 0 fully saturated rings. The Morgan fingerprint density at radius 3 is 3.00 bits per heavy atom. The number of rotatable bonds is 6. The second-order valence-electron chi connectivity index (χ2n) is 3.38. The summed E-state index contributed by atoms with van der Waals surface area (Å²) < 4.78 is 0. The molecule has 0 aliphatic heterocycles. The maximum atomic E-state index is 10.9. The van der Waals surface area contributed by atoms with Gasteiger partial charge in [-0.25, -0.2) is 4.98 Å². The zero-order valence-electron chi connectivity index (χ0n) is 8.78. The molecule has 84 valence electrons. The van der Waals surface area contributed by atoms with Crippen LogP contribution in [0.1, 0.15) is 13.3 Å². The summed E-state index contributed by atoms with van der Waals surface area (Å²) in [6, 6.07) is 0. The van der Waals surface area contributed by atoms with Crippen LogP contribution >= 0.6 is 11.8 Å². The molecule has 5 nitrogen and oxygen atoms in total. The first-order valence-electron chi connectivity index (χ1n) is 4.63. The molecule has 6 heteroatoms. The minimum absolute atomic E-state index is 0.546. The van der Waals surface area contributed by atoms with E-state index in [0.717, 1.165) is 5.16 Å². The molecule has 15 heavy (non-hydrogen) atoms. The number of thioether (sulfide) groups is 1. The molecular formula is C9H15N3O2S. The Morgan fingerprint density at radius 1 is 1.80 bits per heavy atom. The molecular weight excluding hydrogens is 214 g/mol. The molecule has 1 aromatic heterocycles. The smallest absolute Gasteiger partial charge is 0.323 e. The second-order valence-corrected chi connectivity index (χ2v) is 4.46. The van der Waals surface area contributed by atoms with Crippen LogP contribution in [0.4, 0.5) is 0 Å². The van der Waals surface area contributed by atoms with Crippen molar-refractivity contribution in [3.8, 4) is 0 Å². The Bertz CT molecular complexity index is 315. The summed E-state index contributed by atoms with van der Waals surface area (Å²) in [6.07, 6.45) is 3.97. The Balaban J connectivity index is 2.38. The summed E-state index contributed by atoms with van der Waals surface area (Å²) in [6.45, 7) is 1.68. The van der Waals surface area contributed by atoms with Crippen molar-refractivity contribution >= 4 is 17.7 Å². The predicted octanol–water partition coefficient (Wildman–Crippen LogP) is 0.955. The summed E-state index contributed by atoms with van der Waals surface area (Å²) in [7, 11) is 1.66. The van der Waals surface area contributed by atoms with Crippen molar-refractivity contribution in [2.75, 3.05) is 12.8 Å². The quantitative estimate of drug-likeness (QED) is 0.633. The van der Waals surface area contributed by atoms with E-state index < -0.39 is 11.5 Å². The van der Waals surface area contributed by atoms with Crippen molar-refractivity contribution in [2.24, 2.45) is 0 Å². The lowest BCUT2D eigenvalue weighted by Gasteiger charge is -2.23. The number of hydrogen-bond donors (Lipinski definition) is 3. The maximum Gasteiger partial charge on any atom is 0.323 e. The molecule has 0 spiro atoms. The van der Waals surface area contributed by atoms with Crippen LogP contribution in [0.3, 0.4) is 0 Å². The van der Waals surface area contributed by atoms with Crippen molar-refractivity contribution in [3.05, 3.63) is 12.4 Å². The Kier molecular flexibility index (Phi) is 4.16. The molecule has 0 bridgehead atoms. The SMILES string of the molecule is CNC(C)(CCSc1ncc[nH]1)C(=O)O. The molecule has 1 unspecified atom stereocenters. The van der Waals surface area contributed by atoms with E-state index in [9.17, 15) is 4.79 Å². The van der Waals surface area contributed by atoms with Gasteiger partial charge in [0.1, 0.15) is 5.54 Å². The number of imidazole rings is 1. The third-order valence-corrected chi connectivity index (χ3v) is 3.24. The number of H-pyrrole nitrogens is 1. The van der Waals surface area contributed by atoms with Gasteiger partial charge in [-0.1, -0.05) is 11.8 Å². The number of carbonyl (C=O) groups is 1. The minimum atomic E-state index is -0.862. The second kappa shape index (κ2) is 5.18. The third kappa shape index (κ3) is 3.24. The number of carboxylic acid groups (broad SMARTS) is 1. The number of aromatic amines is 1. The average molecular weight is 229 g/mol. The number of aromatic nitrogens is 2. The van der Waals surface area contributed by atoms with Gasteiger partial charge in [-0.2, -0.15) is 0 Å². The lowest BCUT2D eigenvalue weighted by molar-refractivity contribution is -0.144. The fourth-order valence-corrected chi connectivity index (χ4v) is 2.01. The van der Waals surface area contributed by atoms with Gasteiger partial charge in [0, 0.05) is 18.1 Å². The lowest BCUT2D eigenvalue weighted by Crippen LogP contribution is -2.47. The summed E-state index contributed by atoms with van der Waals surface area (Å²) in [5.41, 5.74) is -0.862.